The number of piperazine rings is 1. The van der Waals surface area contributed by atoms with Crippen molar-refractivity contribution in [2.45, 2.75) is 31.2 Å². The Hall–Kier alpha value is -0.900. The van der Waals surface area contributed by atoms with Gasteiger partial charge in [-0.2, -0.15) is 0 Å². The number of hydrogen-bond donors (Lipinski definition) is 2. The van der Waals surface area contributed by atoms with Gasteiger partial charge in [0.25, 0.3) is 0 Å². The van der Waals surface area contributed by atoms with Crippen molar-refractivity contribution >= 4 is 11.8 Å². The van der Waals surface area contributed by atoms with Gasteiger partial charge in [0.05, 0.1) is 12.1 Å². The minimum atomic E-state index is -0.409. The SMILES string of the molecule is O=C1CNC2(CCCC2)C(=O)N1. The molecule has 2 aliphatic rings. The van der Waals surface area contributed by atoms with E-state index in [1.54, 1.807) is 0 Å². The van der Waals surface area contributed by atoms with E-state index in [1.807, 2.05) is 0 Å². The second-order valence-corrected chi connectivity index (χ2v) is 3.52. The van der Waals surface area contributed by atoms with Crippen molar-refractivity contribution in [1.82, 2.24) is 10.6 Å². The molecule has 1 spiro atoms. The van der Waals surface area contributed by atoms with E-state index in [9.17, 15) is 9.59 Å². The lowest BCUT2D eigenvalue weighted by molar-refractivity contribution is -0.138. The van der Waals surface area contributed by atoms with E-state index >= 15 is 0 Å². The summed E-state index contributed by atoms with van der Waals surface area (Å²) < 4.78 is 0. The molecule has 12 heavy (non-hydrogen) atoms. The zero-order valence-corrected chi connectivity index (χ0v) is 6.85. The Morgan fingerprint density at radius 2 is 1.83 bits per heavy atom. The normalized spacial score (nSPS) is 27.7. The highest BCUT2D eigenvalue weighted by Gasteiger charge is 2.44. The van der Waals surface area contributed by atoms with Crippen molar-refractivity contribution in [3.63, 3.8) is 0 Å². The Balaban J connectivity index is 2.16. The maximum absolute atomic E-state index is 11.4. The number of hydrogen-bond acceptors (Lipinski definition) is 3. The molecule has 0 aromatic carbocycles. The maximum atomic E-state index is 11.4. The van der Waals surface area contributed by atoms with Crippen LogP contribution in [0.5, 0.6) is 0 Å². The van der Waals surface area contributed by atoms with Crippen LogP contribution in [0.2, 0.25) is 0 Å². The Labute approximate surface area is 70.7 Å². The predicted molar refractivity (Wildman–Crippen MR) is 42.4 cm³/mol. The lowest BCUT2D eigenvalue weighted by Crippen LogP contribution is -2.63. The second-order valence-electron chi connectivity index (χ2n) is 3.52. The summed E-state index contributed by atoms with van der Waals surface area (Å²) in [4.78, 5) is 22.3. The van der Waals surface area contributed by atoms with Crippen molar-refractivity contribution in [3.05, 3.63) is 0 Å². The zero-order valence-electron chi connectivity index (χ0n) is 6.85. The molecule has 1 saturated carbocycles. The first-order chi connectivity index (χ1) is 5.73. The van der Waals surface area contributed by atoms with Gasteiger partial charge in [0.15, 0.2) is 0 Å². The quantitative estimate of drug-likeness (QED) is 0.481. The summed E-state index contributed by atoms with van der Waals surface area (Å²) in [6.07, 6.45) is 3.89. The number of amides is 2. The molecule has 2 rings (SSSR count). The number of nitrogens with one attached hydrogen (secondary N) is 2. The Bertz CT molecular complexity index is 231. The van der Waals surface area contributed by atoms with Crippen molar-refractivity contribution in [3.8, 4) is 0 Å². The Kier molecular flexibility index (Phi) is 1.65. The fourth-order valence-electron chi connectivity index (χ4n) is 2.00. The van der Waals surface area contributed by atoms with Crippen LogP contribution in [-0.2, 0) is 9.59 Å². The topological polar surface area (TPSA) is 58.2 Å². The Morgan fingerprint density at radius 3 is 2.42 bits per heavy atom. The van der Waals surface area contributed by atoms with Gasteiger partial charge in [-0.3, -0.25) is 20.2 Å². The molecule has 0 aromatic rings. The summed E-state index contributed by atoms with van der Waals surface area (Å²) in [5, 5.41) is 5.40. The third-order valence-corrected chi connectivity index (χ3v) is 2.73. The first-order valence-corrected chi connectivity index (χ1v) is 4.32. The van der Waals surface area contributed by atoms with Gasteiger partial charge in [0.1, 0.15) is 0 Å². The third-order valence-electron chi connectivity index (χ3n) is 2.73. The Morgan fingerprint density at radius 1 is 1.17 bits per heavy atom. The molecule has 4 nitrogen and oxygen atoms in total. The van der Waals surface area contributed by atoms with Crippen LogP contribution in [0, 0.1) is 0 Å². The fourth-order valence-corrected chi connectivity index (χ4v) is 2.00. The summed E-state index contributed by atoms with van der Waals surface area (Å²) >= 11 is 0. The van der Waals surface area contributed by atoms with E-state index in [0.717, 1.165) is 25.7 Å². The molecule has 1 heterocycles. The molecule has 0 unspecified atom stereocenters. The number of carbonyl (C=O) groups excluding carboxylic acids is 2. The molecular formula is C8H12N2O2. The van der Waals surface area contributed by atoms with Crippen LogP contribution >= 0.6 is 0 Å². The summed E-state index contributed by atoms with van der Waals surface area (Å²) in [7, 11) is 0. The van der Waals surface area contributed by atoms with Gasteiger partial charge in [0, 0.05) is 0 Å². The predicted octanol–water partition coefficient (Wildman–Crippen LogP) is -0.455. The molecule has 0 atom stereocenters. The van der Waals surface area contributed by atoms with Gasteiger partial charge < -0.3 is 0 Å². The van der Waals surface area contributed by atoms with Gasteiger partial charge in [0.2, 0.25) is 11.8 Å². The largest absolute Gasteiger partial charge is 0.295 e. The standard InChI is InChI=1S/C8H12N2O2/c11-6-5-9-8(7(12)10-6)3-1-2-4-8/h9H,1-5H2,(H,10,11,12). The minimum Gasteiger partial charge on any atom is -0.295 e. The van der Waals surface area contributed by atoms with Crippen LogP contribution in [0.15, 0.2) is 0 Å². The second kappa shape index (κ2) is 2.55. The highest BCUT2D eigenvalue weighted by atomic mass is 16.2. The van der Waals surface area contributed by atoms with Gasteiger partial charge >= 0.3 is 0 Å². The van der Waals surface area contributed by atoms with E-state index in [-0.39, 0.29) is 18.4 Å². The van der Waals surface area contributed by atoms with Crippen molar-refractivity contribution < 1.29 is 9.59 Å². The van der Waals surface area contributed by atoms with Crippen molar-refractivity contribution in [1.29, 1.82) is 0 Å². The molecular weight excluding hydrogens is 156 g/mol. The van der Waals surface area contributed by atoms with Crippen molar-refractivity contribution in [2.75, 3.05) is 6.54 Å². The molecule has 4 heteroatoms. The molecule has 0 radical (unpaired) electrons. The number of rotatable bonds is 0. The van der Waals surface area contributed by atoms with Crippen LogP contribution in [0.25, 0.3) is 0 Å². The number of imide groups is 1. The fraction of sp³-hybridized carbons (Fsp3) is 0.750. The minimum absolute atomic E-state index is 0.128. The van der Waals surface area contributed by atoms with E-state index < -0.39 is 5.54 Å². The molecule has 2 N–H and O–H groups in total. The summed E-state index contributed by atoms with van der Waals surface area (Å²) in [5.41, 5.74) is -0.409. The molecule has 2 fully saturated rings. The van der Waals surface area contributed by atoms with Crippen LogP contribution in [-0.4, -0.2) is 23.9 Å². The van der Waals surface area contributed by atoms with Crippen LogP contribution in [0.4, 0.5) is 0 Å². The molecule has 1 aliphatic carbocycles. The monoisotopic (exact) mass is 168 g/mol. The molecule has 1 aliphatic heterocycles. The zero-order chi connectivity index (χ0) is 8.60. The van der Waals surface area contributed by atoms with E-state index in [1.165, 1.54) is 0 Å². The van der Waals surface area contributed by atoms with Gasteiger partial charge in [-0.05, 0) is 12.8 Å². The lowest BCUT2D eigenvalue weighted by atomic mass is 9.94. The molecule has 0 bridgehead atoms. The smallest absolute Gasteiger partial charge is 0.246 e. The van der Waals surface area contributed by atoms with Crippen LogP contribution in [0.1, 0.15) is 25.7 Å². The van der Waals surface area contributed by atoms with Crippen LogP contribution in [0.3, 0.4) is 0 Å². The summed E-state index contributed by atoms with van der Waals surface area (Å²) in [6, 6.07) is 0. The van der Waals surface area contributed by atoms with E-state index in [0.29, 0.717) is 0 Å². The summed E-state index contributed by atoms with van der Waals surface area (Å²) in [6.45, 7) is 0.283. The molecule has 1 saturated heterocycles. The molecule has 66 valence electrons. The van der Waals surface area contributed by atoms with Crippen molar-refractivity contribution in [2.24, 2.45) is 0 Å². The van der Waals surface area contributed by atoms with E-state index in [4.69, 9.17) is 0 Å². The maximum Gasteiger partial charge on any atom is 0.246 e. The van der Waals surface area contributed by atoms with Gasteiger partial charge in [-0.15, -0.1) is 0 Å². The first-order valence-electron chi connectivity index (χ1n) is 4.32. The highest BCUT2D eigenvalue weighted by Crippen LogP contribution is 2.30. The first kappa shape index (κ1) is 7.73. The lowest BCUT2D eigenvalue weighted by Gasteiger charge is -2.32. The third kappa shape index (κ3) is 1.03. The average Bonchev–Trinajstić information content (AvgIpc) is 2.48. The average molecular weight is 168 g/mol. The number of carbonyl (C=O) groups is 2. The van der Waals surface area contributed by atoms with Crippen LogP contribution < -0.4 is 10.6 Å². The molecule has 0 aromatic heterocycles. The highest BCUT2D eigenvalue weighted by molar-refractivity contribution is 6.03. The van der Waals surface area contributed by atoms with Gasteiger partial charge in [-0.25, -0.2) is 0 Å². The summed E-state index contributed by atoms with van der Waals surface area (Å²) in [5.74, 6) is -0.339. The molecule has 2 amide bonds. The van der Waals surface area contributed by atoms with Gasteiger partial charge in [-0.1, -0.05) is 12.8 Å². The van der Waals surface area contributed by atoms with E-state index in [2.05, 4.69) is 10.6 Å².